The number of rotatable bonds is 3. The van der Waals surface area contributed by atoms with Gasteiger partial charge in [0.05, 0.1) is 17.1 Å². The van der Waals surface area contributed by atoms with Crippen molar-refractivity contribution in [2.45, 2.75) is 0 Å². The molecule has 0 aromatic heterocycles. The van der Waals surface area contributed by atoms with Crippen molar-refractivity contribution in [2.75, 3.05) is 0 Å². The number of nitro benzene ring substituents is 1. The zero-order chi connectivity index (χ0) is 12.1. The average Bonchev–Trinajstić information content (AvgIpc) is 2.30. The molecule has 6 heteroatoms. The summed E-state index contributed by atoms with van der Waals surface area (Å²) in [5, 5.41) is 27.3. The molecule has 0 saturated heterocycles. The van der Waals surface area contributed by atoms with Crippen LogP contribution in [-0.4, -0.2) is 10.7 Å². The molecule has 0 fully saturated rings. The summed E-state index contributed by atoms with van der Waals surface area (Å²) >= 11 is 0. The quantitative estimate of drug-likeness (QED) is 0.430. The Morgan fingerprint density at radius 1 is 1.25 bits per heavy atom. The number of hydrogen-bond acceptors (Lipinski definition) is 5. The number of nitro groups is 1. The molecule has 0 amide bonds. The van der Waals surface area contributed by atoms with Gasteiger partial charge in [-0.2, -0.15) is 10.5 Å². The monoisotopic (exact) mass is 215 g/mol. The fourth-order valence-electron chi connectivity index (χ4n) is 1.06. The number of hydrogen-bond donors (Lipinski definition) is 0. The average molecular weight is 215 g/mol. The third-order valence-corrected chi connectivity index (χ3v) is 1.88. The summed E-state index contributed by atoms with van der Waals surface area (Å²) in [6, 6.07) is 7.84. The second-order valence-corrected chi connectivity index (χ2v) is 2.86. The standard InChI is InChI=1S/C10H5N3O3/c11-5-8(6-12)10(14)7-1-3-9(4-2-7)13(15)16/h1-4,8H. The van der Waals surface area contributed by atoms with Gasteiger partial charge in [-0.1, -0.05) is 0 Å². The molecule has 0 aliphatic carbocycles. The largest absolute Gasteiger partial charge is 0.291 e. The summed E-state index contributed by atoms with van der Waals surface area (Å²) in [5.41, 5.74) is -0.0410. The third kappa shape index (κ3) is 2.20. The van der Waals surface area contributed by atoms with Gasteiger partial charge in [-0.15, -0.1) is 0 Å². The Morgan fingerprint density at radius 2 is 1.75 bits per heavy atom. The second kappa shape index (κ2) is 4.67. The lowest BCUT2D eigenvalue weighted by atomic mass is 10.0. The molecule has 78 valence electrons. The first-order chi connectivity index (χ1) is 7.60. The van der Waals surface area contributed by atoms with Crippen molar-refractivity contribution in [3.05, 3.63) is 39.9 Å². The minimum atomic E-state index is -1.37. The lowest BCUT2D eigenvalue weighted by molar-refractivity contribution is -0.384. The Bertz CT molecular complexity index is 494. The summed E-state index contributed by atoms with van der Waals surface area (Å²) in [5.74, 6) is -2.03. The van der Waals surface area contributed by atoms with E-state index >= 15 is 0 Å². The number of ketones is 1. The molecule has 0 atom stereocenters. The number of Topliss-reactive ketones (excluding diaryl/α,β-unsaturated/α-hetero) is 1. The van der Waals surface area contributed by atoms with Gasteiger partial charge in [-0.05, 0) is 12.1 Å². The lowest BCUT2D eigenvalue weighted by Crippen LogP contribution is -2.10. The van der Waals surface area contributed by atoms with E-state index in [9.17, 15) is 14.9 Å². The number of carbonyl (C=O) groups excluding carboxylic acids is 1. The summed E-state index contributed by atoms with van der Waals surface area (Å²) < 4.78 is 0. The van der Waals surface area contributed by atoms with Gasteiger partial charge in [0.25, 0.3) is 5.69 Å². The number of benzene rings is 1. The minimum Gasteiger partial charge on any atom is -0.291 e. The molecule has 6 nitrogen and oxygen atoms in total. The van der Waals surface area contributed by atoms with Crippen molar-refractivity contribution in [3.63, 3.8) is 0 Å². The lowest BCUT2D eigenvalue weighted by Gasteiger charge is -1.99. The highest BCUT2D eigenvalue weighted by molar-refractivity contribution is 6.01. The maximum absolute atomic E-state index is 11.5. The first kappa shape index (κ1) is 11.3. The van der Waals surface area contributed by atoms with Gasteiger partial charge in [-0.25, -0.2) is 0 Å². The highest BCUT2D eigenvalue weighted by Crippen LogP contribution is 2.14. The topological polar surface area (TPSA) is 108 Å². The van der Waals surface area contributed by atoms with Crippen molar-refractivity contribution >= 4 is 11.5 Å². The van der Waals surface area contributed by atoms with Crippen molar-refractivity contribution in [1.29, 1.82) is 10.5 Å². The van der Waals surface area contributed by atoms with Crippen LogP contribution in [0.15, 0.2) is 24.3 Å². The highest BCUT2D eigenvalue weighted by atomic mass is 16.6. The van der Waals surface area contributed by atoms with Crippen LogP contribution in [0.2, 0.25) is 0 Å². The molecule has 0 aliphatic rings. The predicted octanol–water partition coefficient (Wildman–Crippen LogP) is 1.44. The van der Waals surface area contributed by atoms with Gasteiger partial charge in [0.2, 0.25) is 0 Å². The number of carbonyl (C=O) groups is 1. The van der Waals surface area contributed by atoms with Gasteiger partial charge in [0, 0.05) is 17.7 Å². The van der Waals surface area contributed by atoms with Crippen LogP contribution in [0, 0.1) is 38.7 Å². The zero-order valence-electron chi connectivity index (χ0n) is 7.95. The molecule has 0 saturated carbocycles. The molecule has 0 aliphatic heterocycles. The fraction of sp³-hybridized carbons (Fsp3) is 0.100. The van der Waals surface area contributed by atoms with Crippen LogP contribution in [-0.2, 0) is 0 Å². The van der Waals surface area contributed by atoms with Crippen LogP contribution in [0.3, 0.4) is 0 Å². The molecule has 0 radical (unpaired) electrons. The van der Waals surface area contributed by atoms with E-state index < -0.39 is 16.6 Å². The molecule has 0 heterocycles. The molecule has 0 bridgehead atoms. The molecule has 0 unspecified atom stereocenters. The second-order valence-electron chi connectivity index (χ2n) is 2.86. The minimum absolute atomic E-state index is 0.110. The Balaban J connectivity index is 3.00. The van der Waals surface area contributed by atoms with Gasteiger partial charge in [0.1, 0.15) is 0 Å². The maximum atomic E-state index is 11.5. The summed E-state index contributed by atoms with van der Waals surface area (Å²) in [7, 11) is 0. The number of nitriles is 2. The van der Waals surface area contributed by atoms with Crippen molar-refractivity contribution in [3.8, 4) is 12.1 Å². The summed E-state index contributed by atoms with van der Waals surface area (Å²) in [6.45, 7) is 0. The fourth-order valence-corrected chi connectivity index (χ4v) is 1.06. The van der Waals surface area contributed by atoms with E-state index in [1.54, 1.807) is 12.1 Å². The van der Waals surface area contributed by atoms with Gasteiger partial charge in [-0.3, -0.25) is 14.9 Å². The van der Waals surface area contributed by atoms with E-state index in [-0.39, 0.29) is 11.3 Å². The first-order valence-electron chi connectivity index (χ1n) is 4.18. The van der Waals surface area contributed by atoms with E-state index in [1.807, 2.05) is 0 Å². The summed E-state index contributed by atoms with van der Waals surface area (Å²) in [6.07, 6.45) is 0. The van der Waals surface area contributed by atoms with Crippen LogP contribution in [0.5, 0.6) is 0 Å². The van der Waals surface area contributed by atoms with Crippen LogP contribution < -0.4 is 0 Å². The maximum Gasteiger partial charge on any atom is 0.269 e. The van der Waals surface area contributed by atoms with Crippen molar-refractivity contribution in [1.82, 2.24) is 0 Å². The Kier molecular flexibility index (Phi) is 3.31. The van der Waals surface area contributed by atoms with E-state index in [0.717, 1.165) is 12.1 Å². The Morgan fingerprint density at radius 3 is 2.12 bits per heavy atom. The first-order valence-corrected chi connectivity index (χ1v) is 4.18. The van der Waals surface area contributed by atoms with E-state index in [4.69, 9.17) is 10.5 Å². The molecular formula is C10H5N3O3. The molecular weight excluding hydrogens is 210 g/mol. The van der Waals surface area contributed by atoms with Crippen LogP contribution in [0.4, 0.5) is 5.69 Å². The van der Waals surface area contributed by atoms with Crippen molar-refractivity contribution in [2.24, 2.45) is 5.92 Å². The molecule has 0 spiro atoms. The molecule has 1 rings (SSSR count). The zero-order valence-corrected chi connectivity index (χ0v) is 7.95. The molecule has 0 N–H and O–H groups in total. The molecule has 1 aromatic carbocycles. The van der Waals surface area contributed by atoms with E-state index in [1.165, 1.54) is 12.1 Å². The Labute approximate surface area is 90.5 Å². The number of nitrogens with zero attached hydrogens (tertiary/aromatic N) is 3. The van der Waals surface area contributed by atoms with Crippen LogP contribution in [0.25, 0.3) is 0 Å². The summed E-state index contributed by atoms with van der Waals surface area (Å²) in [4.78, 5) is 21.2. The number of non-ortho nitro benzene ring substituents is 1. The predicted molar refractivity (Wildman–Crippen MR) is 52.1 cm³/mol. The van der Waals surface area contributed by atoms with Crippen molar-refractivity contribution < 1.29 is 9.72 Å². The van der Waals surface area contributed by atoms with Crippen LogP contribution >= 0.6 is 0 Å². The van der Waals surface area contributed by atoms with Gasteiger partial charge in [0.15, 0.2) is 11.7 Å². The normalized spacial score (nSPS) is 9.19. The van der Waals surface area contributed by atoms with E-state index in [2.05, 4.69) is 0 Å². The van der Waals surface area contributed by atoms with Crippen LogP contribution in [0.1, 0.15) is 10.4 Å². The Hall–Kier alpha value is -2.73. The SMILES string of the molecule is N#CC(C#N)C(=O)c1ccc([N+](=O)[O-])cc1. The smallest absolute Gasteiger partial charge is 0.269 e. The highest BCUT2D eigenvalue weighted by Gasteiger charge is 2.19. The van der Waals surface area contributed by atoms with Gasteiger partial charge >= 0.3 is 0 Å². The van der Waals surface area contributed by atoms with Gasteiger partial charge < -0.3 is 0 Å². The van der Waals surface area contributed by atoms with E-state index in [0.29, 0.717) is 0 Å². The molecule has 16 heavy (non-hydrogen) atoms. The molecule has 1 aromatic rings. The third-order valence-electron chi connectivity index (χ3n) is 1.88.